The molecule has 0 radical (unpaired) electrons. The molecule has 1 aliphatic heterocycles. The first-order chi connectivity index (χ1) is 8.64. The van der Waals surface area contributed by atoms with Crippen molar-refractivity contribution in [2.45, 2.75) is 19.0 Å². The lowest BCUT2D eigenvalue weighted by atomic mass is 10.1. The summed E-state index contributed by atoms with van der Waals surface area (Å²) in [4.78, 5) is 3.22. The number of H-pyrrole nitrogens is 1. The van der Waals surface area contributed by atoms with Crippen LogP contribution < -0.4 is 5.32 Å². The van der Waals surface area contributed by atoms with Crippen LogP contribution in [0.4, 0.5) is 0 Å². The van der Waals surface area contributed by atoms with Crippen LogP contribution in [0.2, 0.25) is 0 Å². The third kappa shape index (κ3) is 2.28. The molecule has 5 heteroatoms. The van der Waals surface area contributed by atoms with Gasteiger partial charge in [0.25, 0.3) is 0 Å². The molecule has 0 saturated carbocycles. The summed E-state index contributed by atoms with van der Waals surface area (Å²) in [7, 11) is -2.80. The van der Waals surface area contributed by atoms with Crippen LogP contribution in [0.15, 0.2) is 30.5 Å². The molecule has 1 aromatic heterocycles. The quantitative estimate of drug-likeness (QED) is 0.882. The van der Waals surface area contributed by atoms with Gasteiger partial charge in [0, 0.05) is 29.7 Å². The highest BCUT2D eigenvalue weighted by Crippen LogP contribution is 2.18. The molecule has 1 aliphatic rings. The Balaban J connectivity index is 1.71. The lowest BCUT2D eigenvalue weighted by Crippen LogP contribution is -2.29. The average Bonchev–Trinajstić information content (AvgIpc) is 2.90. The average molecular weight is 264 g/mol. The van der Waals surface area contributed by atoms with Gasteiger partial charge in [-0.3, -0.25) is 0 Å². The molecule has 1 aromatic carbocycles. The number of rotatable bonds is 3. The Bertz CT molecular complexity index is 660. The van der Waals surface area contributed by atoms with Crippen molar-refractivity contribution in [1.82, 2.24) is 10.3 Å². The van der Waals surface area contributed by atoms with E-state index in [4.69, 9.17) is 0 Å². The molecule has 1 saturated heterocycles. The molecule has 18 heavy (non-hydrogen) atoms. The minimum absolute atomic E-state index is 0.101. The van der Waals surface area contributed by atoms with Gasteiger partial charge in [-0.05, 0) is 18.1 Å². The Morgan fingerprint density at radius 1 is 1.33 bits per heavy atom. The zero-order chi connectivity index (χ0) is 12.6. The van der Waals surface area contributed by atoms with Gasteiger partial charge in [0.2, 0.25) is 0 Å². The van der Waals surface area contributed by atoms with Crippen LogP contribution >= 0.6 is 0 Å². The first kappa shape index (κ1) is 11.7. The predicted octanol–water partition coefficient (Wildman–Crippen LogP) is 1.44. The highest BCUT2D eigenvalue weighted by molar-refractivity contribution is 7.91. The Morgan fingerprint density at radius 3 is 2.94 bits per heavy atom. The van der Waals surface area contributed by atoms with Gasteiger partial charge in [-0.2, -0.15) is 0 Å². The van der Waals surface area contributed by atoms with E-state index in [1.165, 1.54) is 10.9 Å². The molecule has 2 heterocycles. The van der Waals surface area contributed by atoms with Crippen molar-refractivity contribution in [1.29, 1.82) is 0 Å². The summed E-state index contributed by atoms with van der Waals surface area (Å²) in [5, 5.41) is 4.53. The molecule has 96 valence electrons. The molecule has 2 N–H and O–H groups in total. The molecule has 3 rings (SSSR count). The summed E-state index contributed by atoms with van der Waals surface area (Å²) in [6.07, 6.45) is 2.71. The minimum Gasteiger partial charge on any atom is -0.361 e. The fourth-order valence-electron chi connectivity index (χ4n) is 2.49. The molecule has 4 nitrogen and oxygen atoms in total. The standard InChI is InChI=1S/C13H16N2O2S/c16-18(17)6-5-11(9-18)14-7-10-8-15-13-4-2-1-3-12(10)13/h1-4,8,11,14-15H,5-7,9H2. The second-order valence-corrected chi connectivity index (χ2v) is 7.07. The van der Waals surface area contributed by atoms with Crippen LogP contribution in [-0.4, -0.2) is 30.9 Å². The number of benzene rings is 1. The topological polar surface area (TPSA) is 62.0 Å². The first-order valence-electron chi connectivity index (χ1n) is 6.13. The van der Waals surface area contributed by atoms with Crippen molar-refractivity contribution < 1.29 is 8.42 Å². The van der Waals surface area contributed by atoms with Crippen LogP contribution in [0.3, 0.4) is 0 Å². The zero-order valence-corrected chi connectivity index (χ0v) is 10.8. The Labute approximate surface area is 106 Å². The van der Waals surface area contributed by atoms with E-state index < -0.39 is 9.84 Å². The molecule has 1 fully saturated rings. The Hall–Kier alpha value is -1.33. The smallest absolute Gasteiger partial charge is 0.151 e. The molecule has 1 unspecified atom stereocenters. The summed E-state index contributed by atoms with van der Waals surface area (Å²) in [5.74, 6) is 0.591. The summed E-state index contributed by atoms with van der Waals surface area (Å²) >= 11 is 0. The number of aromatic amines is 1. The maximum atomic E-state index is 11.4. The first-order valence-corrected chi connectivity index (χ1v) is 7.95. The summed E-state index contributed by atoms with van der Waals surface area (Å²) < 4.78 is 22.7. The number of hydrogen-bond acceptors (Lipinski definition) is 3. The highest BCUT2D eigenvalue weighted by atomic mass is 32.2. The number of fused-ring (bicyclic) bond motifs is 1. The van der Waals surface area contributed by atoms with Gasteiger partial charge in [0.15, 0.2) is 9.84 Å². The largest absolute Gasteiger partial charge is 0.361 e. The van der Waals surface area contributed by atoms with E-state index in [9.17, 15) is 8.42 Å². The fourth-order valence-corrected chi connectivity index (χ4v) is 4.20. The molecule has 1 atom stereocenters. The van der Waals surface area contributed by atoms with E-state index in [0.717, 1.165) is 11.9 Å². The van der Waals surface area contributed by atoms with Gasteiger partial charge >= 0.3 is 0 Å². The van der Waals surface area contributed by atoms with Crippen molar-refractivity contribution in [2.24, 2.45) is 0 Å². The van der Waals surface area contributed by atoms with Crippen LogP contribution in [0.5, 0.6) is 0 Å². The number of sulfone groups is 1. The summed E-state index contributed by atoms with van der Waals surface area (Å²) in [6.45, 7) is 0.712. The lowest BCUT2D eigenvalue weighted by Gasteiger charge is -2.09. The van der Waals surface area contributed by atoms with E-state index in [0.29, 0.717) is 12.3 Å². The van der Waals surface area contributed by atoms with Gasteiger partial charge in [-0.15, -0.1) is 0 Å². The highest BCUT2D eigenvalue weighted by Gasteiger charge is 2.27. The maximum absolute atomic E-state index is 11.4. The molecule has 2 aromatic rings. The van der Waals surface area contributed by atoms with Crippen molar-refractivity contribution in [3.63, 3.8) is 0 Å². The summed E-state index contributed by atoms with van der Waals surface area (Å²) in [6, 6.07) is 8.23. The van der Waals surface area contributed by atoms with Gasteiger partial charge in [0.05, 0.1) is 11.5 Å². The number of aromatic nitrogens is 1. The molecule has 0 amide bonds. The normalized spacial score (nSPS) is 22.6. The maximum Gasteiger partial charge on any atom is 0.151 e. The van der Waals surface area contributed by atoms with Crippen LogP contribution in [0.1, 0.15) is 12.0 Å². The van der Waals surface area contributed by atoms with Gasteiger partial charge < -0.3 is 10.3 Å². The SMILES string of the molecule is O=S1(=O)CCC(NCc2c[nH]c3ccccc23)C1. The lowest BCUT2D eigenvalue weighted by molar-refractivity contribution is 0.555. The molecule has 0 spiro atoms. The van der Waals surface area contributed by atoms with Gasteiger partial charge in [0.1, 0.15) is 0 Å². The van der Waals surface area contributed by atoms with Crippen LogP contribution in [0.25, 0.3) is 10.9 Å². The number of para-hydroxylation sites is 1. The molecular weight excluding hydrogens is 248 g/mol. The van der Waals surface area contributed by atoms with E-state index in [2.05, 4.69) is 16.4 Å². The molecule has 0 aliphatic carbocycles. The molecule has 0 bridgehead atoms. The van der Waals surface area contributed by atoms with Crippen molar-refractivity contribution in [3.05, 3.63) is 36.0 Å². The third-order valence-corrected chi connectivity index (χ3v) is 5.26. The van der Waals surface area contributed by atoms with E-state index in [-0.39, 0.29) is 11.8 Å². The fraction of sp³-hybridized carbons (Fsp3) is 0.385. The van der Waals surface area contributed by atoms with E-state index in [1.54, 1.807) is 0 Å². The van der Waals surface area contributed by atoms with Gasteiger partial charge in [-0.1, -0.05) is 18.2 Å². The van der Waals surface area contributed by atoms with Gasteiger partial charge in [-0.25, -0.2) is 8.42 Å². The number of nitrogens with one attached hydrogen (secondary N) is 2. The van der Waals surface area contributed by atoms with Crippen molar-refractivity contribution >= 4 is 20.7 Å². The van der Waals surface area contributed by atoms with Crippen molar-refractivity contribution in [3.8, 4) is 0 Å². The molecular formula is C13H16N2O2S. The minimum atomic E-state index is -2.80. The third-order valence-electron chi connectivity index (χ3n) is 3.49. The predicted molar refractivity (Wildman–Crippen MR) is 72.2 cm³/mol. The van der Waals surface area contributed by atoms with Crippen LogP contribution in [-0.2, 0) is 16.4 Å². The second-order valence-electron chi connectivity index (χ2n) is 4.84. The Kier molecular flexibility index (Phi) is 2.87. The van der Waals surface area contributed by atoms with E-state index >= 15 is 0 Å². The monoisotopic (exact) mass is 264 g/mol. The second kappa shape index (κ2) is 4.40. The van der Waals surface area contributed by atoms with Crippen LogP contribution in [0, 0.1) is 0 Å². The number of hydrogen-bond donors (Lipinski definition) is 2. The zero-order valence-electron chi connectivity index (χ0n) is 10.0. The van der Waals surface area contributed by atoms with E-state index in [1.807, 2.05) is 24.4 Å². The Morgan fingerprint density at radius 2 is 2.17 bits per heavy atom. The van der Waals surface area contributed by atoms with Crippen molar-refractivity contribution in [2.75, 3.05) is 11.5 Å². The summed E-state index contributed by atoms with van der Waals surface area (Å²) in [5.41, 5.74) is 2.31.